The summed E-state index contributed by atoms with van der Waals surface area (Å²) in [5.41, 5.74) is 1.81. The highest BCUT2D eigenvalue weighted by atomic mass is 32.2. The molecule has 0 radical (unpaired) electrons. The third-order valence-electron chi connectivity index (χ3n) is 5.80. The number of ether oxygens (including phenoxy) is 1. The van der Waals surface area contributed by atoms with Crippen LogP contribution in [-0.2, 0) is 6.42 Å². The summed E-state index contributed by atoms with van der Waals surface area (Å²) >= 11 is 1.97. The number of hydrogen-bond acceptors (Lipinski definition) is 7. The van der Waals surface area contributed by atoms with E-state index in [-0.39, 0.29) is 17.7 Å². The maximum atomic E-state index is 14.5. The number of hydrogen-bond donors (Lipinski definition) is 1. The van der Waals surface area contributed by atoms with Gasteiger partial charge in [0.1, 0.15) is 5.82 Å². The molecule has 3 unspecified atom stereocenters. The van der Waals surface area contributed by atoms with Crippen LogP contribution in [0.15, 0.2) is 22.7 Å². The topological polar surface area (TPSA) is 63.4 Å². The zero-order chi connectivity index (χ0) is 20.2. The Hall–Kier alpha value is -1.64. The second kappa shape index (κ2) is 9.45. The first-order chi connectivity index (χ1) is 14.2. The SMILES string of the molecule is CCOc1noc(C2CC(c3ccc(CC)c(F)c3)CN(C3CSCCN3)C2)n1. The van der Waals surface area contributed by atoms with E-state index < -0.39 is 0 Å². The number of nitrogens with zero attached hydrogens (tertiary/aromatic N) is 3. The van der Waals surface area contributed by atoms with Gasteiger partial charge in [-0.3, -0.25) is 4.90 Å². The van der Waals surface area contributed by atoms with E-state index in [0.717, 1.165) is 48.7 Å². The van der Waals surface area contributed by atoms with Crippen molar-refractivity contribution < 1.29 is 13.7 Å². The fourth-order valence-electron chi connectivity index (χ4n) is 4.27. The predicted octanol–water partition coefficient (Wildman–Crippen LogP) is 3.41. The highest BCUT2D eigenvalue weighted by molar-refractivity contribution is 7.99. The zero-order valence-electron chi connectivity index (χ0n) is 17.1. The highest BCUT2D eigenvalue weighted by Gasteiger charge is 2.36. The van der Waals surface area contributed by atoms with Crippen LogP contribution in [0.3, 0.4) is 0 Å². The molecule has 3 atom stereocenters. The van der Waals surface area contributed by atoms with E-state index in [1.54, 1.807) is 6.07 Å². The molecule has 2 fully saturated rings. The molecule has 2 aliphatic heterocycles. The highest BCUT2D eigenvalue weighted by Crippen LogP contribution is 2.37. The van der Waals surface area contributed by atoms with Gasteiger partial charge in [-0.25, -0.2) is 4.39 Å². The van der Waals surface area contributed by atoms with E-state index in [9.17, 15) is 4.39 Å². The first-order valence-corrected chi connectivity index (χ1v) is 11.6. The van der Waals surface area contributed by atoms with Crippen LogP contribution in [0.5, 0.6) is 6.01 Å². The van der Waals surface area contributed by atoms with Gasteiger partial charge in [0.15, 0.2) is 0 Å². The molecule has 0 saturated carbocycles. The summed E-state index contributed by atoms with van der Waals surface area (Å²) in [5.74, 6) is 3.00. The first kappa shape index (κ1) is 20.6. The lowest BCUT2D eigenvalue weighted by molar-refractivity contribution is 0.112. The zero-order valence-corrected chi connectivity index (χ0v) is 17.9. The number of aromatic nitrogens is 2. The molecule has 1 aromatic carbocycles. The fraction of sp³-hybridized carbons (Fsp3) is 0.619. The minimum absolute atomic E-state index is 0.0955. The van der Waals surface area contributed by atoms with Crippen molar-refractivity contribution >= 4 is 11.8 Å². The fourth-order valence-corrected chi connectivity index (χ4v) is 5.25. The van der Waals surface area contributed by atoms with Crippen molar-refractivity contribution in [2.45, 2.75) is 44.7 Å². The van der Waals surface area contributed by atoms with Crippen LogP contribution < -0.4 is 10.1 Å². The first-order valence-electron chi connectivity index (χ1n) is 10.5. The van der Waals surface area contributed by atoms with Crippen LogP contribution in [-0.4, -0.2) is 59.0 Å². The molecule has 1 N–H and O–H groups in total. The van der Waals surface area contributed by atoms with Gasteiger partial charge in [0.25, 0.3) is 0 Å². The summed E-state index contributed by atoms with van der Waals surface area (Å²) in [4.78, 5) is 6.91. The lowest BCUT2D eigenvalue weighted by atomic mass is 9.83. The third-order valence-corrected chi connectivity index (χ3v) is 6.84. The van der Waals surface area contributed by atoms with Crippen LogP contribution in [0, 0.1) is 5.82 Å². The van der Waals surface area contributed by atoms with Crippen molar-refractivity contribution in [2.24, 2.45) is 0 Å². The molecule has 158 valence electrons. The van der Waals surface area contributed by atoms with E-state index in [1.165, 1.54) is 0 Å². The average molecular weight is 421 g/mol. The van der Waals surface area contributed by atoms with Gasteiger partial charge in [-0.2, -0.15) is 16.7 Å². The Bertz CT molecular complexity index is 812. The van der Waals surface area contributed by atoms with E-state index in [2.05, 4.69) is 26.4 Å². The molecule has 0 spiro atoms. The van der Waals surface area contributed by atoms with Gasteiger partial charge in [-0.15, -0.1) is 0 Å². The van der Waals surface area contributed by atoms with Crippen molar-refractivity contribution in [1.82, 2.24) is 20.4 Å². The van der Waals surface area contributed by atoms with E-state index in [4.69, 9.17) is 9.26 Å². The standard InChI is InChI=1S/C21H29FN4O2S/c1-3-14-5-6-15(10-18(14)22)16-9-17(20-24-21(25-28-20)27-4-2)12-26(11-16)19-13-29-8-7-23-19/h5-6,10,16-17,19,23H,3-4,7-9,11-13H2,1-2H3. The maximum Gasteiger partial charge on any atom is 0.354 e. The van der Waals surface area contributed by atoms with Crippen molar-refractivity contribution in [3.63, 3.8) is 0 Å². The quantitative estimate of drug-likeness (QED) is 0.768. The molecule has 4 rings (SSSR count). The summed E-state index contributed by atoms with van der Waals surface area (Å²) in [7, 11) is 0. The number of likely N-dealkylation sites (tertiary alicyclic amines) is 1. The summed E-state index contributed by atoms with van der Waals surface area (Å²) in [6, 6.07) is 6.01. The third kappa shape index (κ3) is 4.75. The number of thioether (sulfide) groups is 1. The van der Waals surface area contributed by atoms with Crippen molar-refractivity contribution in [2.75, 3.05) is 37.7 Å². The Balaban J connectivity index is 1.58. The molecule has 6 nitrogen and oxygen atoms in total. The molecule has 3 heterocycles. The molecule has 0 aliphatic carbocycles. The number of benzene rings is 1. The molecule has 2 aromatic rings. The van der Waals surface area contributed by atoms with Crippen molar-refractivity contribution in [3.8, 4) is 6.01 Å². The molecule has 2 saturated heterocycles. The van der Waals surface area contributed by atoms with Crippen LogP contribution >= 0.6 is 11.8 Å². The monoisotopic (exact) mass is 420 g/mol. The van der Waals surface area contributed by atoms with Gasteiger partial charge in [0.05, 0.1) is 18.7 Å². The molecule has 0 bridgehead atoms. The second-order valence-electron chi connectivity index (χ2n) is 7.68. The minimum Gasteiger partial charge on any atom is -0.462 e. The molecular weight excluding hydrogens is 391 g/mol. The Kier molecular flexibility index (Phi) is 6.72. The molecule has 29 heavy (non-hydrogen) atoms. The van der Waals surface area contributed by atoms with Gasteiger partial charge in [-0.1, -0.05) is 19.1 Å². The summed E-state index contributed by atoms with van der Waals surface area (Å²) in [6.45, 7) is 7.13. The lowest BCUT2D eigenvalue weighted by Crippen LogP contribution is -2.54. The Morgan fingerprint density at radius 2 is 2.17 bits per heavy atom. The summed E-state index contributed by atoms with van der Waals surface area (Å²) < 4.78 is 25.4. The van der Waals surface area contributed by atoms with Gasteiger partial charge >= 0.3 is 6.01 Å². The Morgan fingerprint density at radius 3 is 2.90 bits per heavy atom. The van der Waals surface area contributed by atoms with Gasteiger partial charge < -0.3 is 14.6 Å². The molecule has 2 aliphatic rings. The normalized spacial score (nSPS) is 25.8. The molecule has 1 aromatic heterocycles. The van der Waals surface area contributed by atoms with E-state index in [1.807, 2.05) is 31.7 Å². The van der Waals surface area contributed by atoms with Crippen LogP contribution in [0.1, 0.15) is 49.1 Å². The van der Waals surface area contributed by atoms with Crippen LogP contribution in [0.2, 0.25) is 0 Å². The van der Waals surface area contributed by atoms with Gasteiger partial charge in [0, 0.05) is 31.1 Å². The molecule has 0 amide bonds. The largest absolute Gasteiger partial charge is 0.462 e. The summed E-state index contributed by atoms with van der Waals surface area (Å²) in [5, 5.41) is 7.57. The molecular formula is C21H29FN4O2S. The molecule has 8 heteroatoms. The van der Waals surface area contributed by atoms with Crippen molar-refractivity contribution in [1.29, 1.82) is 0 Å². The number of nitrogens with one attached hydrogen (secondary N) is 1. The van der Waals surface area contributed by atoms with Crippen molar-refractivity contribution in [3.05, 3.63) is 41.0 Å². The summed E-state index contributed by atoms with van der Waals surface area (Å²) in [6.07, 6.45) is 1.87. The van der Waals surface area contributed by atoms with E-state index >= 15 is 0 Å². The number of rotatable bonds is 6. The predicted molar refractivity (Wildman–Crippen MR) is 112 cm³/mol. The van der Waals surface area contributed by atoms with Gasteiger partial charge in [0.2, 0.25) is 5.89 Å². The second-order valence-corrected chi connectivity index (χ2v) is 8.83. The minimum atomic E-state index is -0.110. The van der Waals surface area contributed by atoms with Crippen LogP contribution in [0.4, 0.5) is 4.39 Å². The van der Waals surface area contributed by atoms with Crippen LogP contribution in [0.25, 0.3) is 0 Å². The average Bonchev–Trinajstić information content (AvgIpc) is 3.23. The lowest BCUT2D eigenvalue weighted by Gasteiger charge is -2.42. The van der Waals surface area contributed by atoms with Gasteiger partial charge in [-0.05, 0) is 48.0 Å². The van der Waals surface area contributed by atoms with E-state index in [0.29, 0.717) is 31.1 Å². The Morgan fingerprint density at radius 1 is 1.31 bits per heavy atom. The smallest absolute Gasteiger partial charge is 0.354 e. The number of halogens is 1. The number of piperidine rings is 1. The maximum absolute atomic E-state index is 14.5. The number of aryl methyl sites for hydroxylation is 1. The Labute approximate surface area is 175 Å².